The topological polar surface area (TPSA) is 98.7 Å². The first-order valence-corrected chi connectivity index (χ1v) is 9.70. The molecule has 27 heavy (non-hydrogen) atoms. The van der Waals surface area contributed by atoms with Gasteiger partial charge in [-0.25, -0.2) is 0 Å². The minimum Gasteiger partial charge on any atom is -0.392 e. The van der Waals surface area contributed by atoms with Crippen LogP contribution in [0.1, 0.15) is 38.2 Å². The van der Waals surface area contributed by atoms with Gasteiger partial charge in [0, 0.05) is 23.3 Å². The average Bonchev–Trinajstić information content (AvgIpc) is 3.37. The van der Waals surface area contributed by atoms with Crippen LogP contribution in [0.2, 0.25) is 0 Å². The first-order valence-electron chi connectivity index (χ1n) is 9.70. The molecule has 1 saturated carbocycles. The van der Waals surface area contributed by atoms with Gasteiger partial charge < -0.3 is 10.4 Å². The van der Waals surface area contributed by atoms with Gasteiger partial charge in [0.2, 0.25) is 17.7 Å². The van der Waals surface area contributed by atoms with Crippen LogP contribution in [0, 0.1) is 11.8 Å². The van der Waals surface area contributed by atoms with E-state index in [1.165, 1.54) is 4.90 Å². The van der Waals surface area contributed by atoms with E-state index in [9.17, 15) is 19.5 Å². The third kappa shape index (κ3) is 2.01. The molecule has 0 unspecified atom stereocenters. The number of hydrogen-bond donors (Lipinski definition) is 3. The van der Waals surface area contributed by atoms with Crippen molar-refractivity contribution in [3.63, 3.8) is 0 Å². The van der Waals surface area contributed by atoms with Gasteiger partial charge in [-0.2, -0.15) is 0 Å². The molecule has 0 radical (unpaired) electrons. The molecule has 4 aliphatic rings. The first-order chi connectivity index (χ1) is 13.0. The van der Waals surface area contributed by atoms with Crippen molar-refractivity contribution in [1.29, 1.82) is 0 Å². The Balaban J connectivity index is 1.66. The zero-order chi connectivity index (χ0) is 18.9. The number of imide groups is 1. The molecule has 3 amide bonds. The monoisotopic (exact) mass is 369 g/mol. The highest BCUT2D eigenvalue weighted by Crippen LogP contribution is 2.54. The molecule has 1 aliphatic carbocycles. The number of aliphatic hydroxyl groups excluding tert-OH is 1. The second-order valence-corrected chi connectivity index (χ2v) is 8.21. The van der Waals surface area contributed by atoms with E-state index in [0.717, 1.165) is 25.7 Å². The lowest BCUT2D eigenvalue weighted by Crippen LogP contribution is -2.55. The number of likely N-dealkylation sites (tertiary alicyclic amines) is 1. The molecule has 0 bridgehead atoms. The molecular weight excluding hydrogens is 346 g/mol. The first kappa shape index (κ1) is 16.9. The number of aliphatic hydroxyl groups is 1. The van der Waals surface area contributed by atoms with Gasteiger partial charge in [0.15, 0.2) is 0 Å². The van der Waals surface area contributed by atoms with Crippen LogP contribution < -0.4 is 10.6 Å². The Labute approximate surface area is 157 Å². The Hall–Kier alpha value is -2.25. The number of fused-ring (bicyclic) bond motifs is 4. The number of nitrogens with one attached hydrogen (secondary N) is 2. The van der Waals surface area contributed by atoms with Crippen molar-refractivity contribution in [1.82, 2.24) is 10.2 Å². The second kappa shape index (κ2) is 5.62. The van der Waals surface area contributed by atoms with Gasteiger partial charge in [-0.1, -0.05) is 31.0 Å². The molecule has 0 aromatic heterocycles. The average molecular weight is 369 g/mol. The molecule has 3 fully saturated rings. The molecule has 5 rings (SSSR count). The number of carbonyl (C=O) groups is 3. The maximum Gasteiger partial charge on any atom is 0.250 e. The molecule has 1 aromatic carbocycles. The van der Waals surface area contributed by atoms with Gasteiger partial charge in [-0.3, -0.25) is 24.6 Å². The summed E-state index contributed by atoms with van der Waals surface area (Å²) in [6.07, 6.45) is 2.78. The fraction of sp³-hybridized carbons (Fsp3) is 0.550. The number of nitrogens with zero attached hydrogens (tertiary/aromatic N) is 1. The molecule has 1 aromatic rings. The van der Waals surface area contributed by atoms with Crippen LogP contribution in [0.3, 0.4) is 0 Å². The van der Waals surface area contributed by atoms with Crippen molar-refractivity contribution in [2.75, 3.05) is 5.32 Å². The molecule has 3 heterocycles. The van der Waals surface area contributed by atoms with Crippen LogP contribution in [0.5, 0.6) is 0 Å². The predicted molar refractivity (Wildman–Crippen MR) is 96.4 cm³/mol. The van der Waals surface area contributed by atoms with Gasteiger partial charge in [0.25, 0.3) is 0 Å². The third-order valence-electron chi connectivity index (χ3n) is 6.80. The van der Waals surface area contributed by atoms with Crippen LogP contribution in [-0.4, -0.2) is 45.9 Å². The van der Waals surface area contributed by atoms with Gasteiger partial charge in [-0.15, -0.1) is 0 Å². The summed E-state index contributed by atoms with van der Waals surface area (Å²) in [6.45, 7) is 1.60. The Morgan fingerprint density at radius 1 is 1.15 bits per heavy atom. The lowest BCUT2D eigenvalue weighted by Gasteiger charge is -2.31. The van der Waals surface area contributed by atoms with Crippen molar-refractivity contribution in [3.05, 3.63) is 29.8 Å². The summed E-state index contributed by atoms with van der Waals surface area (Å²) in [5.74, 6) is -2.40. The standard InChI is InChI=1S/C20H23N3O4/c1-10(24)16-14-15(18(26)23(17(14)25)11-6-2-3-7-11)20(22-16)12-8-4-5-9-13(12)21-19(20)27/h4-5,8-11,14-16,22,24H,2-3,6-7H2,1H3,(H,21,27)/t10-,14-,15-,16+,20+/m0/s1. The molecule has 3 aliphatic heterocycles. The van der Waals surface area contributed by atoms with Crippen molar-refractivity contribution >= 4 is 23.4 Å². The Kier molecular flexibility index (Phi) is 3.52. The molecule has 2 saturated heterocycles. The van der Waals surface area contributed by atoms with Crippen molar-refractivity contribution in [2.45, 2.75) is 56.3 Å². The summed E-state index contributed by atoms with van der Waals surface area (Å²) in [5, 5.41) is 16.4. The van der Waals surface area contributed by atoms with Gasteiger partial charge in [-0.05, 0) is 25.8 Å². The van der Waals surface area contributed by atoms with Crippen LogP contribution in [0.4, 0.5) is 5.69 Å². The SMILES string of the molecule is C[C@H](O)[C@H]1N[C@@]2(C(=O)Nc3ccccc32)[C@@H]2C(=O)N(C3CCCC3)C(=O)[C@H]12. The highest BCUT2D eigenvalue weighted by Gasteiger charge is 2.71. The number of amides is 3. The normalized spacial score (nSPS) is 36.4. The third-order valence-corrected chi connectivity index (χ3v) is 6.80. The minimum absolute atomic E-state index is 0.0815. The molecule has 3 N–H and O–H groups in total. The van der Waals surface area contributed by atoms with Crippen LogP contribution in [0.25, 0.3) is 0 Å². The zero-order valence-electron chi connectivity index (χ0n) is 15.1. The summed E-state index contributed by atoms with van der Waals surface area (Å²) >= 11 is 0. The van der Waals surface area contributed by atoms with E-state index in [0.29, 0.717) is 11.3 Å². The highest BCUT2D eigenvalue weighted by molar-refractivity contribution is 6.15. The fourth-order valence-electron chi connectivity index (χ4n) is 5.65. The van der Waals surface area contributed by atoms with Gasteiger partial charge >= 0.3 is 0 Å². The van der Waals surface area contributed by atoms with Crippen LogP contribution in [-0.2, 0) is 19.9 Å². The van der Waals surface area contributed by atoms with Crippen molar-refractivity contribution in [2.24, 2.45) is 11.8 Å². The molecule has 7 nitrogen and oxygen atoms in total. The quantitative estimate of drug-likeness (QED) is 0.668. The van der Waals surface area contributed by atoms with Crippen molar-refractivity contribution < 1.29 is 19.5 Å². The number of benzene rings is 1. The van der Waals surface area contributed by atoms with E-state index in [4.69, 9.17) is 0 Å². The van der Waals surface area contributed by atoms with Gasteiger partial charge in [0.05, 0.1) is 17.9 Å². The molecule has 142 valence electrons. The lowest BCUT2D eigenvalue weighted by atomic mass is 9.76. The summed E-state index contributed by atoms with van der Waals surface area (Å²) in [6, 6.07) is 6.53. The molecular formula is C20H23N3O4. The van der Waals surface area contributed by atoms with E-state index >= 15 is 0 Å². The molecule has 1 spiro atoms. The Morgan fingerprint density at radius 2 is 1.85 bits per heavy atom. The van der Waals surface area contributed by atoms with E-state index in [1.807, 2.05) is 18.2 Å². The zero-order valence-corrected chi connectivity index (χ0v) is 15.1. The fourth-order valence-corrected chi connectivity index (χ4v) is 5.65. The summed E-state index contributed by atoms with van der Waals surface area (Å²) in [4.78, 5) is 41.3. The maximum atomic E-state index is 13.5. The van der Waals surface area contributed by atoms with E-state index in [1.54, 1.807) is 13.0 Å². The Bertz CT molecular complexity index is 847. The second-order valence-electron chi connectivity index (χ2n) is 8.21. The predicted octanol–water partition coefficient (Wildman–Crippen LogP) is 0.730. The summed E-state index contributed by atoms with van der Waals surface area (Å²) in [7, 11) is 0. The van der Waals surface area contributed by atoms with Crippen LogP contribution in [0.15, 0.2) is 24.3 Å². The summed E-state index contributed by atoms with van der Waals surface area (Å²) < 4.78 is 0. The van der Waals surface area contributed by atoms with E-state index in [2.05, 4.69) is 10.6 Å². The lowest BCUT2D eigenvalue weighted by molar-refractivity contribution is -0.145. The van der Waals surface area contributed by atoms with Crippen LogP contribution >= 0.6 is 0 Å². The minimum atomic E-state index is -1.30. The largest absolute Gasteiger partial charge is 0.392 e. The number of hydrogen-bond acceptors (Lipinski definition) is 5. The smallest absolute Gasteiger partial charge is 0.250 e. The number of carbonyl (C=O) groups excluding carboxylic acids is 3. The highest BCUT2D eigenvalue weighted by atomic mass is 16.3. The molecule has 5 atom stereocenters. The van der Waals surface area contributed by atoms with E-state index in [-0.39, 0.29) is 23.8 Å². The number of anilines is 1. The summed E-state index contributed by atoms with van der Waals surface area (Å²) in [5.41, 5.74) is 0.0327. The van der Waals surface area contributed by atoms with Crippen molar-refractivity contribution in [3.8, 4) is 0 Å². The maximum absolute atomic E-state index is 13.5. The molecule has 7 heteroatoms. The Morgan fingerprint density at radius 3 is 2.56 bits per heavy atom. The van der Waals surface area contributed by atoms with Gasteiger partial charge in [0.1, 0.15) is 5.54 Å². The van der Waals surface area contributed by atoms with E-state index < -0.39 is 29.5 Å². The number of para-hydroxylation sites is 1. The number of rotatable bonds is 2.